The molecule has 0 aromatic carbocycles. The van der Waals surface area contributed by atoms with E-state index in [9.17, 15) is 0 Å². The van der Waals surface area contributed by atoms with Crippen LogP contribution in [0.25, 0.3) is 0 Å². The van der Waals surface area contributed by atoms with Crippen LogP contribution in [0.4, 0.5) is 5.82 Å². The molecule has 90 valence electrons. The normalized spacial score (nSPS) is 12.5. The average Bonchev–Trinajstić information content (AvgIpc) is 2.85. The summed E-state index contributed by atoms with van der Waals surface area (Å²) < 4.78 is 0. The third-order valence-electron chi connectivity index (χ3n) is 2.59. The summed E-state index contributed by atoms with van der Waals surface area (Å²) in [6.07, 6.45) is 4.16. The summed E-state index contributed by atoms with van der Waals surface area (Å²) in [5.41, 5.74) is 7.74. The van der Waals surface area contributed by atoms with E-state index in [0.717, 1.165) is 24.2 Å². The molecule has 0 saturated heterocycles. The molecule has 17 heavy (non-hydrogen) atoms. The van der Waals surface area contributed by atoms with Crippen molar-refractivity contribution in [1.29, 1.82) is 0 Å². The van der Waals surface area contributed by atoms with Gasteiger partial charge >= 0.3 is 0 Å². The van der Waals surface area contributed by atoms with E-state index in [0.29, 0.717) is 5.82 Å². The van der Waals surface area contributed by atoms with E-state index < -0.39 is 0 Å². The van der Waals surface area contributed by atoms with Crippen molar-refractivity contribution in [3.8, 4) is 0 Å². The minimum atomic E-state index is 0.102. The molecule has 0 amide bonds. The molecule has 6 nitrogen and oxygen atoms in total. The van der Waals surface area contributed by atoms with Crippen molar-refractivity contribution in [2.24, 2.45) is 0 Å². The molecule has 0 aliphatic heterocycles. The Balaban J connectivity index is 2.16. The third-order valence-corrected chi connectivity index (χ3v) is 2.59. The molecule has 2 aromatic rings. The molecule has 0 radical (unpaired) electrons. The van der Waals surface area contributed by atoms with Gasteiger partial charge in [-0.3, -0.25) is 0 Å². The van der Waals surface area contributed by atoms with Crippen LogP contribution in [0.3, 0.4) is 0 Å². The van der Waals surface area contributed by atoms with Crippen molar-refractivity contribution in [2.45, 2.75) is 19.4 Å². The molecule has 2 rings (SSSR count). The lowest BCUT2D eigenvalue weighted by Crippen LogP contribution is -2.23. The standard InChI is InChI=1S/C11H16N6/c1-2-13-9(10-7-15-17-16-10)6-8-4-3-5-14-11(8)12/h3-5,7,9,13H,2,6H2,1H3,(H2,12,14)(H,15,16,17). The maximum absolute atomic E-state index is 5.84. The Kier molecular flexibility index (Phi) is 3.66. The zero-order chi connectivity index (χ0) is 12.1. The van der Waals surface area contributed by atoms with Crippen molar-refractivity contribution < 1.29 is 0 Å². The van der Waals surface area contributed by atoms with Gasteiger partial charge in [-0.1, -0.05) is 13.0 Å². The summed E-state index contributed by atoms with van der Waals surface area (Å²) in [6.45, 7) is 2.91. The number of nitrogens with two attached hydrogens (primary N) is 1. The summed E-state index contributed by atoms with van der Waals surface area (Å²) >= 11 is 0. The highest BCUT2D eigenvalue weighted by Gasteiger charge is 2.15. The maximum Gasteiger partial charge on any atom is 0.126 e. The molecular weight excluding hydrogens is 216 g/mol. The number of nitrogens with one attached hydrogen (secondary N) is 2. The van der Waals surface area contributed by atoms with E-state index in [-0.39, 0.29) is 6.04 Å². The quantitative estimate of drug-likeness (QED) is 0.704. The van der Waals surface area contributed by atoms with Gasteiger partial charge in [0.2, 0.25) is 0 Å². The number of hydrogen-bond donors (Lipinski definition) is 3. The van der Waals surface area contributed by atoms with Gasteiger partial charge in [0.1, 0.15) is 5.82 Å². The van der Waals surface area contributed by atoms with Gasteiger partial charge in [0, 0.05) is 6.20 Å². The van der Waals surface area contributed by atoms with Gasteiger partial charge in [-0.25, -0.2) is 4.98 Å². The lowest BCUT2D eigenvalue weighted by molar-refractivity contribution is 0.535. The summed E-state index contributed by atoms with van der Waals surface area (Å²) in [7, 11) is 0. The molecule has 0 aliphatic carbocycles. The van der Waals surface area contributed by atoms with Crippen molar-refractivity contribution in [3.63, 3.8) is 0 Å². The lowest BCUT2D eigenvalue weighted by atomic mass is 10.0. The van der Waals surface area contributed by atoms with Crippen LogP contribution >= 0.6 is 0 Å². The molecule has 0 spiro atoms. The largest absolute Gasteiger partial charge is 0.383 e. The molecule has 0 bridgehead atoms. The SMILES string of the molecule is CCNC(Cc1cccnc1N)c1cn[nH]n1. The number of nitrogens with zero attached hydrogens (tertiary/aromatic N) is 3. The van der Waals surface area contributed by atoms with Gasteiger partial charge in [-0.05, 0) is 24.6 Å². The average molecular weight is 232 g/mol. The molecule has 0 fully saturated rings. The molecule has 0 saturated carbocycles. The van der Waals surface area contributed by atoms with E-state index in [2.05, 4.69) is 32.6 Å². The first-order valence-corrected chi connectivity index (χ1v) is 5.59. The zero-order valence-electron chi connectivity index (χ0n) is 9.72. The van der Waals surface area contributed by atoms with Crippen LogP contribution in [0.5, 0.6) is 0 Å². The second-order valence-electron chi connectivity index (χ2n) is 3.76. The summed E-state index contributed by atoms with van der Waals surface area (Å²) in [5, 5.41) is 13.9. The second-order valence-corrected chi connectivity index (χ2v) is 3.76. The Morgan fingerprint density at radius 1 is 1.53 bits per heavy atom. The van der Waals surface area contributed by atoms with Crippen molar-refractivity contribution in [3.05, 3.63) is 35.8 Å². The fourth-order valence-electron chi connectivity index (χ4n) is 1.75. The summed E-state index contributed by atoms with van der Waals surface area (Å²) in [4.78, 5) is 4.08. The number of anilines is 1. The smallest absolute Gasteiger partial charge is 0.126 e. The van der Waals surface area contributed by atoms with Crippen LogP contribution in [0.1, 0.15) is 24.2 Å². The van der Waals surface area contributed by atoms with Crippen LogP contribution in [-0.4, -0.2) is 26.9 Å². The minimum Gasteiger partial charge on any atom is -0.383 e. The fraction of sp³-hybridized carbons (Fsp3) is 0.364. The number of likely N-dealkylation sites (N-methyl/N-ethyl adjacent to an activating group) is 1. The van der Waals surface area contributed by atoms with Gasteiger partial charge in [0.05, 0.1) is 17.9 Å². The Morgan fingerprint density at radius 3 is 3.06 bits per heavy atom. The van der Waals surface area contributed by atoms with E-state index in [4.69, 9.17) is 5.73 Å². The number of rotatable bonds is 5. The van der Waals surface area contributed by atoms with Crippen LogP contribution in [0, 0.1) is 0 Å². The van der Waals surface area contributed by atoms with Crippen LogP contribution < -0.4 is 11.1 Å². The topological polar surface area (TPSA) is 92.5 Å². The van der Waals surface area contributed by atoms with Crippen molar-refractivity contribution in [2.75, 3.05) is 12.3 Å². The third kappa shape index (κ3) is 2.79. The Morgan fingerprint density at radius 2 is 2.41 bits per heavy atom. The predicted molar refractivity (Wildman–Crippen MR) is 65.2 cm³/mol. The van der Waals surface area contributed by atoms with E-state index in [1.807, 2.05) is 12.1 Å². The van der Waals surface area contributed by atoms with Crippen molar-refractivity contribution in [1.82, 2.24) is 25.7 Å². The van der Waals surface area contributed by atoms with E-state index in [1.165, 1.54) is 0 Å². The number of pyridine rings is 1. The van der Waals surface area contributed by atoms with Crippen LogP contribution in [0.15, 0.2) is 24.5 Å². The zero-order valence-corrected chi connectivity index (χ0v) is 9.72. The number of aromatic amines is 1. The summed E-state index contributed by atoms with van der Waals surface area (Å²) in [6, 6.07) is 3.97. The Bertz CT molecular complexity index is 453. The number of aromatic nitrogens is 4. The fourth-order valence-corrected chi connectivity index (χ4v) is 1.75. The first-order valence-electron chi connectivity index (χ1n) is 5.59. The van der Waals surface area contributed by atoms with Gasteiger partial charge in [0.25, 0.3) is 0 Å². The number of nitrogen functional groups attached to an aromatic ring is 1. The van der Waals surface area contributed by atoms with E-state index in [1.54, 1.807) is 12.4 Å². The molecule has 2 heterocycles. The second kappa shape index (κ2) is 5.40. The highest BCUT2D eigenvalue weighted by Crippen LogP contribution is 2.18. The minimum absolute atomic E-state index is 0.102. The first kappa shape index (κ1) is 11.5. The van der Waals surface area contributed by atoms with Gasteiger partial charge in [-0.15, -0.1) is 0 Å². The highest BCUT2D eigenvalue weighted by molar-refractivity contribution is 5.39. The monoisotopic (exact) mass is 232 g/mol. The van der Waals surface area contributed by atoms with Crippen LogP contribution in [-0.2, 0) is 6.42 Å². The highest BCUT2D eigenvalue weighted by atomic mass is 15.3. The van der Waals surface area contributed by atoms with Gasteiger partial charge < -0.3 is 11.1 Å². The van der Waals surface area contributed by atoms with E-state index >= 15 is 0 Å². The first-order chi connectivity index (χ1) is 8.31. The van der Waals surface area contributed by atoms with Gasteiger partial charge in [0.15, 0.2) is 0 Å². The Labute approximate surface area is 99.6 Å². The summed E-state index contributed by atoms with van der Waals surface area (Å²) in [5.74, 6) is 0.568. The predicted octanol–water partition coefficient (Wildman–Crippen LogP) is 0.675. The lowest BCUT2D eigenvalue weighted by Gasteiger charge is -2.15. The maximum atomic E-state index is 5.84. The number of hydrogen-bond acceptors (Lipinski definition) is 5. The van der Waals surface area contributed by atoms with Gasteiger partial charge in [-0.2, -0.15) is 15.4 Å². The molecule has 1 atom stereocenters. The molecule has 4 N–H and O–H groups in total. The molecule has 6 heteroatoms. The van der Waals surface area contributed by atoms with Crippen molar-refractivity contribution >= 4 is 5.82 Å². The number of H-pyrrole nitrogens is 1. The molecule has 1 unspecified atom stereocenters. The Hall–Kier alpha value is -1.95. The molecule has 2 aromatic heterocycles. The van der Waals surface area contributed by atoms with Crippen LogP contribution in [0.2, 0.25) is 0 Å². The molecule has 0 aliphatic rings. The molecular formula is C11H16N6.